The lowest BCUT2D eigenvalue weighted by atomic mass is 10.1. The third-order valence-corrected chi connectivity index (χ3v) is 4.65. The maximum absolute atomic E-state index is 13.9. The highest BCUT2D eigenvalue weighted by Gasteiger charge is 2.58. The summed E-state index contributed by atoms with van der Waals surface area (Å²) in [6.45, 7) is -1.30. The van der Waals surface area contributed by atoms with Crippen molar-refractivity contribution < 1.29 is 54.2 Å². The van der Waals surface area contributed by atoms with E-state index in [-0.39, 0.29) is 17.2 Å². The molecule has 0 amide bonds. The van der Waals surface area contributed by atoms with Gasteiger partial charge in [0.25, 0.3) is 0 Å². The quantitative estimate of drug-likeness (QED) is 0.254. The number of para-hydroxylation sites is 1. The average molecular weight is 525 g/mol. The van der Waals surface area contributed by atoms with E-state index in [4.69, 9.17) is 9.57 Å². The van der Waals surface area contributed by atoms with E-state index in [2.05, 4.69) is 0 Å². The molecular weight excluding hydrogens is 509 g/mol. The number of rotatable bonds is 8. The van der Waals surface area contributed by atoms with Crippen LogP contribution < -0.4 is 14.6 Å². The van der Waals surface area contributed by atoms with Crippen molar-refractivity contribution in [1.82, 2.24) is 0 Å². The van der Waals surface area contributed by atoms with Crippen molar-refractivity contribution in [2.75, 3.05) is 11.6 Å². The number of anilines is 1. The van der Waals surface area contributed by atoms with Gasteiger partial charge in [0, 0.05) is 11.6 Å². The number of alkyl halides is 8. The van der Waals surface area contributed by atoms with Crippen LogP contribution in [-0.2, 0) is 5.92 Å². The van der Waals surface area contributed by atoms with Crippen LogP contribution >= 0.6 is 0 Å². The smallest absolute Gasteiger partial charge is 0.454 e. The second kappa shape index (κ2) is 10.2. The maximum Gasteiger partial charge on any atom is 0.458 e. The summed E-state index contributed by atoms with van der Waals surface area (Å²) in [4.78, 5) is 5.19. The fourth-order valence-corrected chi connectivity index (χ4v) is 2.85. The van der Waals surface area contributed by atoms with Gasteiger partial charge >= 0.3 is 18.3 Å². The zero-order valence-electron chi connectivity index (χ0n) is 17.8. The molecule has 194 valence electrons. The van der Waals surface area contributed by atoms with Gasteiger partial charge < -0.3 is 14.7 Å². The standard InChI is InChI=1S/C23H16F9NO3/c24-18-9-1-2-10-19(18)35-16-7-4-6-15(12-16)33(13-20(34)22(27,28)29)36-17-8-3-5-14(11-17)21(25,26)23(30,31)32/h1-12,20,34H,13H2/t20-/m0/s1. The number of hydroxylamine groups is 1. The van der Waals surface area contributed by atoms with Crippen molar-refractivity contribution >= 4 is 5.69 Å². The Morgan fingerprint density at radius 1 is 0.778 bits per heavy atom. The normalized spacial score (nSPS) is 13.3. The summed E-state index contributed by atoms with van der Waals surface area (Å²) in [7, 11) is 0. The second-order valence-corrected chi connectivity index (χ2v) is 7.34. The molecule has 0 fully saturated rings. The van der Waals surface area contributed by atoms with Gasteiger partial charge in [0.2, 0.25) is 0 Å². The SMILES string of the molecule is O[C@@H](CN(Oc1cccc(C(F)(F)C(F)(F)F)c1)c1cccc(Oc2ccccc2F)c1)C(F)(F)F. The molecule has 0 spiro atoms. The van der Waals surface area contributed by atoms with Crippen LogP contribution in [0.5, 0.6) is 17.2 Å². The third-order valence-electron chi connectivity index (χ3n) is 4.65. The summed E-state index contributed by atoms with van der Waals surface area (Å²) in [5.41, 5.74) is -1.74. The summed E-state index contributed by atoms with van der Waals surface area (Å²) >= 11 is 0. The molecule has 0 heterocycles. The molecule has 0 aliphatic carbocycles. The van der Waals surface area contributed by atoms with Crippen LogP contribution in [-0.4, -0.2) is 30.1 Å². The van der Waals surface area contributed by atoms with Gasteiger partial charge in [-0.25, -0.2) is 9.45 Å². The van der Waals surface area contributed by atoms with E-state index in [9.17, 15) is 44.6 Å². The second-order valence-electron chi connectivity index (χ2n) is 7.34. The molecule has 0 aliphatic heterocycles. The van der Waals surface area contributed by atoms with Gasteiger partial charge in [-0.05, 0) is 36.4 Å². The molecule has 13 heteroatoms. The first-order valence-corrected chi connectivity index (χ1v) is 9.96. The van der Waals surface area contributed by atoms with Crippen LogP contribution in [0.1, 0.15) is 5.56 Å². The number of hydrogen-bond donors (Lipinski definition) is 1. The van der Waals surface area contributed by atoms with Crippen LogP contribution in [0.2, 0.25) is 0 Å². The lowest BCUT2D eigenvalue weighted by molar-refractivity contribution is -0.289. The number of nitrogens with zero attached hydrogens (tertiary/aromatic N) is 1. The molecule has 0 bridgehead atoms. The monoisotopic (exact) mass is 525 g/mol. The van der Waals surface area contributed by atoms with Gasteiger partial charge in [0.15, 0.2) is 23.4 Å². The van der Waals surface area contributed by atoms with Gasteiger partial charge in [-0.15, -0.1) is 0 Å². The van der Waals surface area contributed by atoms with E-state index in [1.807, 2.05) is 0 Å². The third kappa shape index (κ3) is 6.33. The lowest BCUT2D eigenvalue weighted by Gasteiger charge is -2.28. The van der Waals surface area contributed by atoms with Crippen molar-refractivity contribution in [1.29, 1.82) is 0 Å². The largest absolute Gasteiger partial charge is 0.458 e. The molecule has 0 aromatic heterocycles. The highest BCUT2D eigenvalue weighted by atomic mass is 19.4. The summed E-state index contributed by atoms with van der Waals surface area (Å²) in [6.07, 6.45) is -14.0. The highest BCUT2D eigenvalue weighted by molar-refractivity contribution is 5.51. The molecule has 0 radical (unpaired) electrons. The molecule has 0 unspecified atom stereocenters. The molecule has 4 nitrogen and oxygen atoms in total. The maximum atomic E-state index is 13.9. The number of aliphatic hydroxyl groups is 1. The summed E-state index contributed by atoms with van der Waals surface area (Å²) in [5, 5.41) is 9.96. The average Bonchev–Trinajstić information content (AvgIpc) is 2.79. The predicted molar refractivity (Wildman–Crippen MR) is 109 cm³/mol. The minimum atomic E-state index is -5.93. The van der Waals surface area contributed by atoms with E-state index in [1.54, 1.807) is 0 Å². The van der Waals surface area contributed by atoms with Gasteiger partial charge in [-0.1, -0.05) is 30.3 Å². The van der Waals surface area contributed by atoms with Crippen LogP contribution in [0.25, 0.3) is 0 Å². The topological polar surface area (TPSA) is 41.9 Å². The van der Waals surface area contributed by atoms with Gasteiger partial charge in [0.05, 0.1) is 12.2 Å². The number of benzene rings is 3. The molecular formula is C23H16F9NO3. The zero-order valence-corrected chi connectivity index (χ0v) is 17.8. The Labute approximate surface area is 198 Å². The van der Waals surface area contributed by atoms with Crippen molar-refractivity contribution in [2.45, 2.75) is 24.4 Å². The predicted octanol–water partition coefficient (Wildman–Crippen LogP) is 7.00. The molecule has 1 N–H and O–H groups in total. The number of ether oxygens (including phenoxy) is 1. The zero-order chi connectivity index (χ0) is 26.7. The van der Waals surface area contributed by atoms with Gasteiger partial charge in [0.1, 0.15) is 5.75 Å². The molecule has 0 aliphatic rings. The minimum Gasteiger partial charge on any atom is -0.454 e. The first kappa shape index (κ1) is 27.0. The van der Waals surface area contributed by atoms with Gasteiger partial charge in [-0.2, -0.15) is 35.1 Å². The van der Waals surface area contributed by atoms with E-state index in [0.717, 1.165) is 24.3 Å². The van der Waals surface area contributed by atoms with Crippen LogP contribution in [0.3, 0.4) is 0 Å². The molecule has 0 saturated heterocycles. The van der Waals surface area contributed by atoms with E-state index in [0.29, 0.717) is 17.2 Å². The highest BCUT2D eigenvalue weighted by Crippen LogP contribution is 2.44. The van der Waals surface area contributed by atoms with Gasteiger partial charge in [-0.3, -0.25) is 0 Å². The first-order chi connectivity index (χ1) is 16.7. The lowest BCUT2D eigenvalue weighted by Crippen LogP contribution is -2.42. The fourth-order valence-electron chi connectivity index (χ4n) is 2.85. The molecule has 36 heavy (non-hydrogen) atoms. The number of hydrogen-bond acceptors (Lipinski definition) is 4. The Morgan fingerprint density at radius 2 is 1.42 bits per heavy atom. The number of halogens is 9. The first-order valence-electron chi connectivity index (χ1n) is 9.96. The molecule has 3 aromatic rings. The fraction of sp³-hybridized carbons (Fsp3) is 0.217. The minimum absolute atomic E-state index is 0.0787. The summed E-state index contributed by atoms with van der Waals surface area (Å²) in [6, 6.07) is 12.6. The Bertz CT molecular complexity index is 1180. The molecule has 3 aromatic carbocycles. The van der Waals surface area contributed by atoms with Crippen LogP contribution in [0, 0.1) is 5.82 Å². The van der Waals surface area contributed by atoms with Crippen molar-refractivity contribution in [3.8, 4) is 17.2 Å². The molecule has 3 rings (SSSR count). The Hall–Kier alpha value is -3.61. The Morgan fingerprint density at radius 3 is 2.06 bits per heavy atom. The Kier molecular flexibility index (Phi) is 7.62. The van der Waals surface area contributed by atoms with Crippen molar-refractivity contribution in [3.05, 3.63) is 84.2 Å². The van der Waals surface area contributed by atoms with E-state index >= 15 is 0 Å². The summed E-state index contributed by atoms with van der Waals surface area (Å²) in [5.74, 6) is -6.99. The summed E-state index contributed by atoms with van der Waals surface area (Å²) < 4.78 is 124. The molecule has 1 atom stereocenters. The molecule has 0 saturated carbocycles. The van der Waals surface area contributed by atoms with Crippen molar-refractivity contribution in [2.24, 2.45) is 0 Å². The number of aliphatic hydroxyl groups excluding tert-OH is 1. The van der Waals surface area contributed by atoms with E-state index < -0.39 is 48.1 Å². The van der Waals surface area contributed by atoms with E-state index in [1.165, 1.54) is 36.4 Å². The van der Waals surface area contributed by atoms with Crippen LogP contribution in [0.15, 0.2) is 72.8 Å². The van der Waals surface area contributed by atoms with Crippen molar-refractivity contribution in [3.63, 3.8) is 0 Å². The van der Waals surface area contributed by atoms with Crippen LogP contribution in [0.4, 0.5) is 45.2 Å². The Balaban J connectivity index is 1.95.